The molecule has 0 saturated heterocycles. The minimum Gasteiger partial charge on any atom is -0.382 e. The van der Waals surface area contributed by atoms with Crippen LogP contribution in [0, 0.1) is 18.6 Å². The summed E-state index contributed by atoms with van der Waals surface area (Å²) in [7, 11) is 0. The zero-order valence-corrected chi connectivity index (χ0v) is 13.9. The molecule has 0 aliphatic carbocycles. The Kier molecular flexibility index (Phi) is 4.59. The van der Waals surface area contributed by atoms with Gasteiger partial charge in [0.1, 0.15) is 29.9 Å². The van der Waals surface area contributed by atoms with Crippen molar-refractivity contribution in [3.63, 3.8) is 0 Å². The zero-order chi connectivity index (χ0) is 18.0. The largest absolute Gasteiger partial charge is 0.382 e. The molecular weight excluding hydrogens is 326 g/mol. The third kappa shape index (κ3) is 3.41. The van der Waals surface area contributed by atoms with Crippen LogP contribution in [0.15, 0.2) is 49.2 Å². The average Bonchev–Trinajstić information content (AvgIpc) is 3.07. The zero-order valence-electron chi connectivity index (χ0n) is 13.9. The second-order valence-corrected chi connectivity index (χ2v) is 6.12. The van der Waals surface area contributed by atoms with Crippen LogP contribution in [0.2, 0.25) is 0 Å². The van der Waals surface area contributed by atoms with Crippen molar-refractivity contribution in [2.75, 3.05) is 0 Å². The van der Waals surface area contributed by atoms with Gasteiger partial charge >= 0.3 is 0 Å². The molecule has 0 amide bonds. The fourth-order valence-corrected chi connectivity index (χ4v) is 2.84. The minimum absolute atomic E-state index is 0.0146. The highest BCUT2D eigenvalue weighted by Gasteiger charge is 2.40. The normalized spacial score (nSPS) is 14.9. The molecule has 0 bridgehead atoms. The van der Waals surface area contributed by atoms with Gasteiger partial charge in [-0.3, -0.25) is 4.98 Å². The van der Waals surface area contributed by atoms with Crippen LogP contribution in [0.4, 0.5) is 8.78 Å². The molecule has 130 valence electrons. The molecule has 0 spiro atoms. The second-order valence-electron chi connectivity index (χ2n) is 6.12. The molecule has 1 aromatic carbocycles. The lowest BCUT2D eigenvalue weighted by atomic mass is 9.79. The predicted octanol–water partition coefficient (Wildman–Crippen LogP) is 2.95. The Morgan fingerprint density at radius 1 is 1.24 bits per heavy atom. The maximum atomic E-state index is 14.4. The van der Waals surface area contributed by atoms with Gasteiger partial charge in [0.15, 0.2) is 0 Å². The molecule has 0 fully saturated rings. The van der Waals surface area contributed by atoms with Crippen LogP contribution in [0.1, 0.15) is 29.7 Å². The Labute approximate surface area is 144 Å². The van der Waals surface area contributed by atoms with Crippen molar-refractivity contribution in [1.29, 1.82) is 0 Å². The average molecular weight is 344 g/mol. The fraction of sp³-hybridized carbons (Fsp3) is 0.278. The summed E-state index contributed by atoms with van der Waals surface area (Å²) in [4.78, 5) is 8.20. The Bertz CT molecular complexity index is 852. The molecule has 3 aromatic rings. The Balaban J connectivity index is 2.09. The first-order valence-electron chi connectivity index (χ1n) is 7.83. The highest BCUT2D eigenvalue weighted by Crippen LogP contribution is 2.38. The van der Waals surface area contributed by atoms with E-state index in [4.69, 9.17) is 0 Å². The van der Waals surface area contributed by atoms with E-state index in [2.05, 4.69) is 15.1 Å². The first-order chi connectivity index (χ1) is 11.9. The van der Waals surface area contributed by atoms with Gasteiger partial charge in [-0.05, 0) is 24.6 Å². The van der Waals surface area contributed by atoms with E-state index in [1.165, 1.54) is 23.4 Å². The molecule has 2 heterocycles. The van der Waals surface area contributed by atoms with Crippen molar-refractivity contribution < 1.29 is 13.9 Å². The lowest BCUT2D eigenvalue weighted by Gasteiger charge is -2.34. The van der Waals surface area contributed by atoms with Gasteiger partial charge in [0.05, 0.1) is 6.54 Å². The molecule has 1 N–H and O–H groups in total. The van der Waals surface area contributed by atoms with Crippen LogP contribution in [-0.4, -0.2) is 24.9 Å². The summed E-state index contributed by atoms with van der Waals surface area (Å²) in [5, 5.41) is 15.4. The van der Waals surface area contributed by atoms with Crippen molar-refractivity contribution >= 4 is 0 Å². The second kappa shape index (κ2) is 6.68. The van der Waals surface area contributed by atoms with Crippen molar-refractivity contribution in [2.24, 2.45) is 0 Å². The molecule has 0 aliphatic rings. The number of aliphatic hydroxyl groups is 1. The van der Waals surface area contributed by atoms with Gasteiger partial charge in [0.2, 0.25) is 0 Å². The van der Waals surface area contributed by atoms with E-state index < -0.39 is 23.2 Å². The van der Waals surface area contributed by atoms with Crippen molar-refractivity contribution in [1.82, 2.24) is 19.7 Å². The summed E-state index contributed by atoms with van der Waals surface area (Å²) >= 11 is 0. The maximum absolute atomic E-state index is 14.4. The van der Waals surface area contributed by atoms with Gasteiger partial charge in [-0.1, -0.05) is 19.1 Å². The molecule has 5 nitrogen and oxygen atoms in total. The van der Waals surface area contributed by atoms with E-state index in [1.54, 1.807) is 19.2 Å². The van der Waals surface area contributed by atoms with Gasteiger partial charge in [-0.2, -0.15) is 5.10 Å². The first kappa shape index (κ1) is 17.2. The number of nitrogens with zero attached hydrogens (tertiary/aromatic N) is 4. The van der Waals surface area contributed by atoms with Crippen LogP contribution >= 0.6 is 0 Å². The summed E-state index contributed by atoms with van der Waals surface area (Å²) in [5.74, 6) is -2.09. The van der Waals surface area contributed by atoms with E-state index in [-0.39, 0.29) is 12.1 Å². The van der Waals surface area contributed by atoms with E-state index >= 15 is 0 Å². The lowest BCUT2D eigenvalue weighted by Crippen LogP contribution is -2.38. The fourth-order valence-electron chi connectivity index (χ4n) is 2.84. The molecule has 2 aromatic heterocycles. The first-order valence-corrected chi connectivity index (χ1v) is 7.83. The third-order valence-electron chi connectivity index (χ3n) is 4.36. The van der Waals surface area contributed by atoms with Gasteiger partial charge in [0, 0.05) is 29.4 Å². The standard InChI is InChI=1S/C18H18F2N4O/c1-12-3-6-17(22-8-12)13(2)18(25,9-24-11-21-10-23-24)15-5-4-14(19)7-16(15)20/h3-8,10-11,13,25H,9H2,1-2H3/t13-,18+/m0/s1. The van der Waals surface area contributed by atoms with Crippen molar-refractivity contribution in [3.05, 3.63) is 77.6 Å². The Morgan fingerprint density at radius 2 is 2.04 bits per heavy atom. The van der Waals surface area contributed by atoms with Crippen molar-refractivity contribution in [2.45, 2.75) is 31.9 Å². The monoisotopic (exact) mass is 344 g/mol. The number of hydrogen-bond acceptors (Lipinski definition) is 4. The minimum atomic E-state index is -1.69. The molecule has 0 saturated carbocycles. The molecule has 25 heavy (non-hydrogen) atoms. The lowest BCUT2D eigenvalue weighted by molar-refractivity contribution is -0.0123. The molecule has 7 heteroatoms. The highest BCUT2D eigenvalue weighted by atomic mass is 19.1. The molecule has 3 rings (SSSR count). The summed E-state index contributed by atoms with van der Waals surface area (Å²) in [6.45, 7) is 3.60. The summed E-state index contributed by atoms with van der Waals surface area (Å²) in [6, 6.07) is 6.80. The molecule has 2 atom stereocenters. The molecule has 0 unspecified atom stereocenters. The molecular formula is C18H18F2N4O. The Hall–Kier alpha value is -2.67. The number of rotatable bonds is 5. The number of aromatic nitrogens is 4. The predicted molar refractivity (Wildman–Crippen MR) is 87.7 cm³/mol. The number of hydrogen-bond donors (Lipinski definition) is 1. The van der Waals surface area contributed by atoms with Gasteiger partial charge in [0.25, 0.3) is 0 Å². The quantitative estimate of drug-likeness (QED) is 0.773. The van der Waals surface area contributed by atoms with E-state index in [0.717, 1.165) is 17.7 Å². The smallest absolute Gasteiger partial charge is 0.137 e. The molecule has 0 aliphatic heterocycles. The third-order valence-corrected chi connectivity index (χ3v) is 4.36. The van der Waals surface area contributed by atoms with Crippen LogP contribution in [0.3, 0.4) is 0 Å². The van der Waals surface area contributed by atoms with Gasteiger partial charge in [-0.15, -0.1) is 0 Å². The number of halogens is 2. The highest BCUT2D eigenvalue weighted by molar-refractivity contribution is 5.30. The van der Waals surface area contributed by atoms with E-state index in [1.807, 2.05) is 13.0 Å². The van der Waals surface area contributed by atoms with Crippen LogP contribution in [-0.2, 0) is 12.1 Å². The topological polar surface area (TPSA) is 63.8 Å². The van der Waals surface area contributed by atoms with Gasteiger partial charge < -0.3 is 5.11 Å². The van der Waals surface area contributed by atoms with Gasteiger partial charge in [-0.25, -0.2) is 18.4 Å². The summed E-state index contributed by atoms with van der Waals surface area (Å²) < 4.78 is 29.2. The SMILES string of the molecule is Cc1ccc([C@H](C)[C@](O)(Cn2cncn2)c2ccc(F)cc2F)nc1. The number of aryl methyl sites for hydroxylation is 1. The van der Waals surface area contributed by atoms with Crippen LogP contribution < -0.4 is 0 Å². The summed E-state index contributed by atoms with van der Waals surface area (Å²) in [6.07, 6.45) is 4.45. The van der Waals surface area contributed by atoms with Crippen LogP contribution in [0.25, 0.3) is 0 Å². The number of benzene rings is 1. The number of pyridine rings is 1. The van der Waals surface area contributed by atoms with E-state index in [9.17, 15) is 13.9 Å². The molecule has 0 radical (unpaired) electrons. The van der Waals surface area contributed by atoms with Crippen LogP contribution in [0.5, 0.6) is 0 Å². The summed E-state index contributed by atoms with van der Waals surface area (Å²) in [5.41, 5.74) is -0.131. The van der Waals surface area contributed by atoms with E-state index in [0.29, 0.717) is 5.69 Å². The Morgan fingerprint density at radius 3 is 2.64 bits per heavy atom. The van der Waals surface area contributed by atoms with Crippen molar-refractivity contribution in [3.8, 4) is 0 Å². The maximum Gasteiger partial charge on any atom is 0.137 e.